The van der Waals surface area contributed by atoms with Crippen LogP contribution < -0.4 is 10.0 Å². The minimum absolute atomic E-state index is 0.00580. The Morgan fingerprint density at radius 1 is 1.10 bits per heavy atom. The van der Waals surface area contributed by atoms with Crippen LogP contribution in [0.15, 0.2) is 47.4 Å². The smallest absolute Gasteiger partial charge is 0.243 e. The molecule has 1 aliphatic rings. The standard InChI is InChI=1S/C20H24FN3O5S2/c1-14-5-8-17(12-19(14)23-30(2,26)27)22-20(25)15-4-3-11-24(13-15)31(28,29)18-9-6-16(21)7-10-18/h5-10,12,15,23H,3-4,11,13H2,1-2H3,(H,22,25). The van der Waals surface area contributed by atoms with Crippen LogP contribution in [0.5, 0.6) is 0 Å². The van der Waals surface area contributed by atoms with Crippen LogP contribution in [0.4, 0.5) is 15.8 Å². The third-order valence-electron chi connectivity index (χ3n) is 5.01. The summed E-state index contributed by atoms with van der Waals surface area (Å²) in [5, 5.41) is 2.74. The number of carbonyl (C=O) groups is 1. The number of hydrogen-bond acceptors (Lipinski definition) is 5. The molecule has 0 spiro atoms. The fourth-order valence-corrected chi connectivity index (χ4v) is 5.53. The number of halogens is 1. The van der Waals surface area contributed by atoms with E-state index in [-0.39, 0.29) is 23.9 Å². The Bertz CT molecular complexity index is 1180. The maximum Gasteiger partial charge on any atom is 0.243 e. The minimum atomic E-state index is -3.84. The highest BCUT2D eigenvalue weighted by Crippen LogP contribution is 2.26. The van der Waals surface area contributed by atoms with Gasteiger partial charge in [-0.15, -0.1) is 0 Å². The van der Waals surface area contributed by atoms with Gasteiger partial charge < -0.3 is 5.32 Å². The molecule has 3 rings (SSSR count). The lowest BCUT2D eigenvalue weighted by Crippen LogP contribution is -2.43. The Morgan fingerprint density at radius 2 is 1.77 bits per heavy atom. The molecule has 8 nitrogen and oxygen atoms in total. The first-order valence-electron chi connectivity index (χ1n) is 9.61. The van der Waals surface area contributed by atoms with Crippen molar-refractivity contribution < 1.29 is 26.0 Å². The quantitative estimate of drug-likeness (QED) is 0.675. The van der Waals surface area contributed by atoms with Gasteiger partial charge in [0, 0.05) is 18.8 Å². The largest absolute Gasteiger partial charge is 0.326 e. The van der Waals surface area contributed by atoms with Gasteiger partial charge in [-0.2, -0.15) is 4.31 Å². The average Bonchev–Trinajstić information content (AvgIpc) is 2.70. The summed E-state index contributed by atoms with van der Waals surface area (Å²) < 4.78 is 65.5. The van der Waals surface area contributed by atoms with Gasteiger partial charge in [0.2, 0.25) is 26.0 Å². The van der Waals surface area contributed by atoms with E-state index >= 15 is 0 Å². The van der Waals surface area contributed by atoms with Gasteiger partial charge in [-0.25, -0.2) is 21.2 Å². The number of benzene rings is 2. The molecule has 1 saturated heterocycles. The molecular formula is C20H24FN3O5S2. The number of anilines is 2. The van der Waals surface area contributed by atoms with Gasteiger partial charge in [0.25, 0.3) is 0 Å². The third-order valence-corrected chi connectivity index (χ3v) is 7.48. The van der Waals surface area contributed by atoms with Crippen molar-refractivity contribution in [2.24, 2.45) is 5.92 Å². The lowest BCUT2D eigenvalue weighted by molar-refractivity contribution is -0.120. The molecule has 0 radical (unpaired) electrons. The van der Waals surface area contributed by atoms with Crippen molar-refractivity contribution in [2.45, 2.75) is 24.7 Å². The second-order valence-corrected chi connectivity index (χ2v) is 11.2. The normalized spacial score (nSPS) is 17.8. The topological polar surface area (TPSA) is 113 Å². The van der Waals surface area contributed by atoms with Crippen molar-refractivity contribution in [2.75, 3.05) is 29.4 Å². The summed E-state index contributed by atoms with van der Waals surface area (Å²) in [7, 11) is -7.32. The molecule has 168 valence electrons. The minimum Gasteiger partial charge on any atom is -0.326 e. The van der Waals surface area contributed by atoms with Gasteiger partial charge in [0.1, 0.15) is 5.82 Å². The monoisotopic (exact) mass is 469 g/mol. The molecule has 31 heavy (non-hydrogen) atoms. The van der Waals surface area contributed by atoms with Crippen molar-refractivity contribution >= 4 is 37.3 Å². The van der Waals surface area contributed by atoms with Crippen molar-refractivity contribution in [3.8, 4) is 0 Å². The number of aryl methyl sites for hydroxylation is 1. The van der Waals surface area contributed by atoms with E-state index in [9.17, 15) is 26.0 Å². The Kier molecular flexibility index (Phi) is 6.68. The van der Waals surface area contributed by atoms with Gasteiger partial charge in [-0.05, 0) is 61.7 Å². The number of nitrogens with zero attached hydrogens (tertiary/aromatic N) is 1. The van der Waals surface area contributed by atoms with E-state index in [1.807, 2.05) is 0 Å². The lowest BCUT2D eigenvalue weighted by Gasteiger charge is -2.31. The highest BCUT2D eigenvalue weighted by Gasteiger charge is 2.33. The molecule has 0 saturated carbocycles. The number of hydrogen-bond donors (Lipinski definition) is 2. The summed E-state index contributed by atoms with van der Waals surface area (Å²) >= 11 is 0. The summed E-state index contributed by atoms with van der Waals surface area (Å²) in [4.78, 5) is 12.8. The van der Waals surface area contributed by atoms with Crippen LogP contribution in [-0.4, -0.2) is 46.4 Å². The predicted molar refractivity (Wildman–Crippen MR) is 116 cm³/mol. The fourth-order valence-electron chi connectivity index (χ4n) is 3.38. The molecule has 0 bridgehead atoms. The number of nitrogens with one attached hydrogen (secondary N) is 2. The Balaban J connectivity index is 1.73. The van der Waals surface area contributed by atoms with E-state index < -0.39 is 31.8 Å². The SMILES string of the molecule is Cc1ccc(NC(=O)C2CCCN(S(=O)(=O)c3ccc(F)cc3)C2)cc1NS(C)(=O)=O. The van der Waals surface area contributed by atoms with Crippen molar-refractivity contribution in [3.63, 3.8) is 0 Å². The lowest BCUT2D eigenvalue weighted by atomic mass is 9.98. The third kappa shape index (κ3) is 5.81. The van der Waals surface area contributed by atoms with Crippen LogP contribution in [0.2, 0.25) is 0 Å². The van der Waals surface area contributed by atoms with Crippen LogP contribution in [0.25, 0.3) is 0 Å². The summed E-state index contributed by atoms with van der Waals surface area (Å²) in [6.45, 7) is 2.01. The first-order chi connectivity index (χ1) is 14.5. The highest BCUT2D eigenvalue weighted by molar-refractivity contribution is 7.92. The second kappa shape index (κ2) is 8.93. The summed E-state index contributed by atoms with van der Waals surface area (Å²) in [6, 6.07) is 9.42. The van der Waals surface area contributed by atoms with Crippen LogP contribution in [0.1, 0.15) is 18.4 Å². The molecule has 1 unspecified atom stereocenters. The van der Waals surface area contributed by atoms with Crippen LogP contribution in [-0.2, 0) is 24.8 Å². The van der Waals surface area contributed by atoms with Gasteiger partial charge >= 0.3 is 0 Å². The first kappa shape index (κ1) is 23.2. The van der Waals surface area contributed by atoms with E-state index in [2.05, 4.69) is 10.0 Å². The van der Waals surface area contributed by atoms with Gasteiger partial charge in [-0.3, -0.25) is 9.52 Å². The summed E-state index contributed by atoms with van der Waals surface area (Å²) in [5.74, 6) is -1.46. The van der Waals surface area contributed by atoms with Crippen LogP contribution in [0.3, 0.4) is 0 Å². The first-order valence-corrected chi connectivity index (χ1v) is 12.9. The maximum absolute atomic E-state index is 13.1. The zero-order chi connectivity index (χ0) is 22.8. The molecule has 1 heterocycles. The zero-order valence-corrected chi connectivity index (χ0v) is 18.8. The maximum atomic E-state index is 13.1. The molecule has 1 atom stereocenters. The molecule has 2 aromatic carbocycles. The van der Waals surface area contributed by atoms with E-state index in [4.69, 9.17) is 0 Å². The zero-order valence-electron chi connectivity index (χ0n) is 17.1. The molecule has 0 aliphatic carbocycles. The Morgan fingerprint density at radius 3 is 2.42 bits per heavy atom. The Hall–Kier alpha value is -2.50. The molecule has 1 aliphatic heterocycles. The molecule has 1 amide bonds. The van der Waals surface area contributed by atoms with Crippen molar-refractivity contribution in [3.05, 3.63) is 53.8 Å². The van der Waals surface area contributed by atoms with E-state index in [1.54, 1.807) is 19.1 Å². The molecule has 0 aromatic heterocycles. The predicted octanol–water partition coefficient (Wildman–Crippen LogP) is 2.55. The number of piperidine rings is 1. The van der Waals surface area contributed by atoms with E-state index in [0.717, 1.165) is 18.4 Å². The van der Waals surface area contributed by atoms with E-state index in [0.29, 0.717) is 29.8 Å². The number of rotatable bonds is 6. The van der Waals surface area contributed by atoms with Gasteiger partial charge in [0.05, 0.1) is 22.8 Å². The molecule has 1 fully saturated rings. The fraction of sp³-hybridized carbons (Fsp3) is 0.350. The molecule has 11 heteroatoms. The van der Waals surface area contributed by atoms with Crippen molar-refractivity contribution in [1.82, 2.24) is 4.31 Å². The van der Waals surface area contributed by atoms with Crippen LogP contribution >= 0.6 is 0 Å². The van der Waals surface area contributed by atoms with Crippen molar-refractivity contribution in [1.29, 1.82) is 0 Å². The van der Waals surface area contributed by atoms with Gasteiger partial charge in [-0.1, -0.05) is 6.07 Å². The summed E-state index contributed by atoms with van der Waals surface area (Å²) in [5.41, 5.74) is 1.45. The number of carbonyl (C=O) groups excluding carboxylic acids is 1. The summed E-state index contributed by atoms with van der Waals surface area (Å²) in [6.07, 6.45) is 2.06. The number of sulfonamides is 2. The van der Waals surface area contributed by atoms with Gasteiger partial charge in [0.15, 0.2) is 0 Å². The van der Waals surface area contributed by atoms with E-state index in [1.165, 1.54) is 22.5 Å². The molecule has 2 N–H and O–H groups in total. The number of amides is 1. The molecule has 2 aromatic rings. The molecular weight excluding hydrogens is 445 g/mol. The Labute approximate surface area is 181 Å². The second-order valence-electron chi connectivity index (χ2n) is 7.55. The average molecular weight is 470 g/mol. The van der Waals surface area contributed by atoms with Crippen LogP contribution in [0, 0.1) is 18.7 Å². The highest BCUT2D eigenvalue weighted by atomic mass is 32.2.